The number of rotatable bonds is 8. The molecule has 27 heavy (non-hydrogen) atoms. The van der Waals surface area contributed by atoms with Gasteiger partial charge in [0.05, 0.1) is 0 Å². The van der Waals surface area contributed by atoms with Crippen molar-refractivity contribution >= 4 is 6.08 Å². The Morgan fingerprint density at radius 3 is 1.93 bits per heavy atom. The highest BCUT2D eigenvalue weighted by Crippen LogP contribution is 2.24. The second kappa shape index (κ2) is 9.63. The van der Waals surface area contributed by atoms with Crippen LogP contribution < -0.4 is 9.47 Å². The Morgan fingerprint density at radius 2 is 1.26 bits per heavy atom. The molecule has 0 radical (unpaired) electrons. The molecule has 0 heterocycles. The lowest BCUT2D eigenvalue weighted by atomic mass is 10.1. The van der Waals surface area contributed by atoms with E-state index in [9.17, 15) is 0 Å². The largest absolute Gasteiger partial charge is 0.485 e. The van der Waals surface area contributed by atoms with E-state index in [0.717, 1.165) is 35.7 Å². The predicted molar refractivity (Wildman–Crippen MR) is 112 cm³/mol. The van der Waals surface area contributed by atoms with E-state index in [0.29, 0.717) is 6.61 Å². The van der Waals surface area contributed by atoms with Crippen LogP contribution in [0.2, 0.25) is 0 Å². The fraction of sp³-hybridized carbons (Fsp3) is 0.200. The average molecular weight is 358 g/mol. The van der Waals surface area contributed by atoms with Crippen LogP contribution in [0.1, 0.15) is 30.5 Å². The third-order valence-corrected chi connectivity index (χ3v) is 4.45. The zero-order valence-electron chi connectivity index (χ0n) is 16.0. The van der Waals surface area contributed by atoms with E-state index in [4.69, 9.17) is 9.47 Å². The number of benzene rings is 3. The third kappa shape index (κ3) is 5.24. The van der Waals surface area contributed by atoms with Crippen LogP contribution in [0.3, 0.4) is 0 Å². The number of hydrogen-bond donors (Lipinski definition) is 0. The lowest BCUT2D eigenvalue weighted by Crippen LogP contribution is -2.09. The molecule has 0 atom stereocenters. The Morgan fingerprint density at radius 1 is 0.704 bits per heavy atom. The SMILES string of the molecule is CCc1ccccc1OC/C(=C/c1ccccc1)Oc1ccccc1CC. The van der Waals surface area contributed by atoms with E-state index < -0.39 is 0 Å². The molecule has 0 amide bonds. The van der Waals surface area contributed by atoms with Gasteiger partial charge in [-0.05, 0) is 47.7 Å². The van der Waals surface area contributed by atoms with Gasteiger partial charge in [-0.25, -0.2) is 0 Å². The van der Waals surface area contributed by atoms with Gasteiger partial charge >= 0.3 is 0 Å². The first-order chi connectivity index (χ1) is 13.3. The van der Waals surface area contributed by atoms with Crippen molar-refractivity contribution in [3.8, 4) is 11.5 Å². The van der Waals surface area contributed by atoms with E-state index in [-0.39, 0.29) is 0 Å². The monoisotopic (exact) mass is 358 g/mol. The molecule has 0 aliphatic rings. The van der Waals surface area contributed by atoms with Gasteiger partial charge < -0.3 is 9.47 Å². The summed E-state index contributed by atoms with van der Waals surface area (Å²) in [5.74, 6) is 2.58. The number of aryl methyl sites for hydroxylation is 2. The zero-order chi connectivity index (χ0) is 18.9. The van der Waals surface area contributed by atoms with E-state index >= 15 is 0 Å². The summed E-state index contributed by atoms with van der Waals surface area (Å²) >= 11 is 0. The molecule has 0 aliphatic heterocycles. The molecule has 0 spiro atoms. The molecule has 0 saturated carbocycles. The lowest BCUT2D eigenvalue weighted by molar-refractivity contribution is 0.280. The van der Waals surface area contributed by atoms with Crippen molar-refractivity contribution in [3.63, 3.8) is 0 Å². The summed E-state index contributed by atoms with van der Waals surface area (Å²) in [5.41, 5.74) is 3.48. The second-order valence-corrected chi connectivity index (χ2v) is 6.33. The summed E-state index contributed by atoms with van der Waals surface area (Å²) in [6, 6.07) is 26.5. The fourth-order valence-corrected chi connectivity index (χ4v) is 2.96. The minimum absolute atomic E-state index is 0.379. The highest BCUT2D eigenvalue weighted by molar-refractivity contribution is 5.52. The van der Waals surface area contributed by atoms with Crippen molar-refractivity contribution in [1.82, 2.24) is 0 Å². The maximum absolute atomic E-state index is 6.27. The summed E-state index contributed by atoms with van der Waals surface area (Å²) in [7, 11) is 0. The van der Waals surface area contributed by atoms with Crippen molar-refractivity contribution in [1.29, 1.82) is 0 Å². The number of hydrogen-bond acceptors (Lipinski definition) is 2. The highest BCUT2D eigenvalue weighted by Gasteiger charge is 2.08. The van der Waals surface area contributed by atoms with Crippen LogP contribution in [0, 0.1) is 0 Å². The van der Waals surface area contributed by atoms with Gasteiger partial charge in [-0.2, -0.15) is 0 Å². The van der Waals surface area contributed by atoms with Crippen LogP contribution in [0.5, 0.6) is 11.5 Å². The van der Waals surface area contributed by atoms with Crippen LogP contribution in [0.25, 0.3) is 6.08 Å². The van der Waals surface area contributed by atoms with Crippen molar-refractivity contribution in [2.24, 2.45) is 0 Å². The number of para-hydroxylation sites is 2. The van der Waals surface area contributed by atoms with Crippen LogP contribution in [0.4, 0.5) is 0 Å². The molecule has 3 aromatic carbocycles. The molecular weight excluding hydrogens is 332 g/mol. The van der Waals surface area contributed by atoms with Crippen molar-refractivity contribution in [3.05, 3.63) is 101 Å². The van der Waals surface area contributed by atoms with Gasteiger partial charge in [0.1, 0.15) is 23.9 Å². The topological polar surface area (TPSA) is 18.5 Å². The van der Waals surface area contributed by atoms with Gasteiger partial charge in [-0.15, -0.1) is 0 Å². The summed E-state index contributed by atoms with van der Waals surface area (Å²) in [4.78, 5) is 0. The van der Waals surface area contributed by atoms with Crippen LogP contribution in [-0.2, 0) is 12.8 Å². The molecule has 3 rings (SSSR count). The van der Waals surface area contributed by atoms with Gasteiger partial charge in [-0.1, -0.05) is 80.6 Å². The number of ether oxygens (including phenoxy) is 2. The maximum atomic E-state index is 6.27. The van der Waals surface area contributed by atoms with Gasteiger partial charge in [0, 0.05) is 0 Å². The maximum Gasteiger partial charge on any atom is 0.146 e. The summed E-state index contributed by atoms with van der Waals surface area (Å²) < 4.78 is 12.4. The van der Waals surface area contributed by atoms with E-state index in [1.54, 1.807) is 0 Å². The molecule has 0 unspecified atom stereocenters. The first-order valence-corrected chi connectivity index (χ1v) is 9.52. The molecular formula is C25H26O2. The molecule has 0 bridgehead atoms. The van der Waals surface area contributed by atoms with Crippen molar-refractivity contribution < 1.29 is 9.47 Å². The van der Waals surface area contributed by atoms with Crippen LogP contribution in [-0.4, -0.2) is 6.61 Å². The van der Waals surface area contributed by atoms with Gasteiger partial charge in [0.15, 0.2) is 0 Å². The quantitative estimate of drug-likeness (QED) is 0.439. The molecule has 2 nitrogen and oxygen atoms in total. The first-order valence-electron chi connectivity index (χ1n) is 9.52. The molecule has 2 heteroatoms. The van der Waals surface area contributed by atoms with E-state index in [2.05, 4.69) is 38.1 Å². The van der Waals surface area contributed by atoms with E-state index in [1.807, 2.05) is 60.7 Å². The van der Waals surface area contributed by atoms with Gasteiger partial charge in [0.25, 0.3) is 0 Å². The zero-order valence-corrected chi connectivity index (χ0v) is 16.0. The Bertz CT molecular complexity index is 882. The minimum Gasteiger partial charge on any atom is -0.485 e. The Balaban J connectivity index is 1.85. The van der Waals surface area contributed by atoms with Crippen LogP contribution in [0.15, 0.2) is 84.6 Å². The molecule has 138 valence electrons. The smallest absolute Gasteiger partial charge is 0.146 e. The molecule has 0 saturated heterocycles. The molecule has 0 N–H and O–H groups in total. The normalized spacial score (nSPS) is 11.3. The summed E-state index contributed by atoms with van der Waals surface area (Å²) in [5, 5.41) is 0. The van der Waals surface area contributed by atoms with Crippen molar-refractivity contribution in [2.75, 3.05) is 6.61 Å². The molecule has 0 aromatic heterocycles. The summed E-state index contributed by atoms with van der Waals surface area (Å²) in [6.45, 7) is 4.65. The third-order valence-electron chi connectivity index (χ3n) is 4.45. The van der Waals surface area contributed by atoms with Gasteiger partial charge in [0.2, 0.25) is 0 Å². The van der Waals surface area contributed by atoms with Crippen LogP contribution >= 0.6 is 0 Å². The van der Waals surface area contributed by atoms with Crippen molar-refractivity contribution in [2.45, 2.75) is 26.7 Å². The summed E-state index contributed by atoms with van der Waals surface area (Å²) in [6.07, 6.45) is 3.91. The Kier molecular flexibility index (Phi) is 6.70. The Labute approximate surface area is 162 Å². The highest BCUT2D eigenvalue weighted by atomic mass is 16.5. The lowest BCUT2D eigenvalue weighted by Gasteiger charge is -2.16. The standard InChI is InChI=1S/C25H26O2/c1-3-21-14-8-10-16-24(21)26-19-23(18-20-12-6-5-7-13-20)27-25-17-11-9-15-22(25)4-2/h5-18H,3-4,19H2,1-2H3/b23-18-. The minimum atomic E-state index is 0.379. The van der Waals surface area contributed by atoms with E-state index in [1.165, 1.54) is 11.1 Å². The Hall–Kier alpha value is -3.00. The van der Waals surface area contributed by atoms with Gasteiger partial charge in [-0.3, -0.25) is 0 Å². The molecule has 0 fully saturated rings. The first kappa shape index (κ1) is 18.8. The molecule has 0 aliphatic carbocycles. The fourth-order valence-electron chi connectivity index (χ4n) is 2.96. The average Bonchev–Trinajstić information content (AvgIpc) is 2.73. The second-order valence-electron chi connectivity index (χ2n) is 6.33. The predicted octanol–water partition coefficient (Wildman–Crippen LogP) is 6.31. The molecule has 3 aromatic rings.